The van der Waals surface area contributed by atoms with Gasteiger partial charge in [-0.3, -0.25) is 24.5 Å². The highest BCUT2D eigenvalue weighted by molar-refractivity contribution is 6.08. The molecule has 1 aliphatic rings. The normalized spacial score (nSPS) is 13.9. The second kappa shape index (κ2) is 10.4. The van der Waals surface area contributed by atoms with Crippen molar-refractivity contribution in [2.45, 2.75) is 6.18 Å². The average Bonchev–Trinajstić information content (AvgIpc) is 3.39. The summed E-state index contributed by atoms with van der Waals surface area (Å²) in [6.07, 6.45) is -2.11. The van der Waals surface area contributed by atoms with Crippen molar-refractivity contribution in [2.24, 2.45) is 0 Å². The molecule has 1 saturated heterocycles. The molecule has 43 heavy (non-hydrogen) atoms. The summed E-state index contributed by atoms with van der Waals surface area (Å²) in [6, 6.07) is 14.9. The van der Waals surface area contributed by atoms with Crippen LogP contribution >= 0.6 is 0 Å². The molecule has 3 heterocycles. The summed E-state index contributed by atoms with van der Waals surface area (Å²) in [5.41, 5.74) is -0.919. The first-order chi connectivity index (χ1) is 20.5. The zero-order valence-corrected chi connectivity index (χ0v) is 22.2. The van der Waals surface area contributed by atoms with Crippen LogP contribution in [0.3, 0.4) is 0 Å². The van der Waals surface area contributed by atoms with Gasteiger partial charge < -0.3 is 18.8 Å². The molecule has 0 radical (unpaired) electrons. The van der Waals surface area contributed by atoms with Gasteiger partial charge in [0.1, 0.15) is 17.4 Å². The van der Waals surface area contributed by atoms with Crippen molar-refractivity contribution in [3.05, 3.63) is 116 Å². The molecule has 0 spiro atoms. The smallest absolute Gasteiger partial charge is 0.416 e. The van der Waals surface area contributed by atoms with Crippen LogP contribution < -0.4 is 5.43 Å². The van der Waals surface area contributed by atoms with E-state index >= 15 is 0 Å². The minimum atomic E-state index is -4.60. The van der Waals surface area contributed by atoms with E-state index < -0.39 is 33.9 Å². The summed E-state index contributed by atoms with van der Waals surface area (Å²) in [7, 11) is 0. The second-order valence-electron chi connectivity index (χ2n) is 9.98. The molecule has 218 valence electrons. The Balaban J connectivity index is 1.29. The Bertz CT molecular complexity index is 1990. The maximum Gasteiger partial charge on any atom is 0.416 e. The molecule has 13 heteroatoms. The predicted molar refractivity (Wildman–Crippen MR) is 149 cm³/mol. The van der Waals surface area contributed by atoms with Gasteiger partial charge in [-0.1, -0.05) is 18.2 Å². The Hall–Kier alpha value is -5.46. The van der Waals surface area contributed by atoms with Gasteiger partial charge in [0, 0.05) is 55.6 Å². The van der Waals surface area contributed by atoms with Crippen molar-refractivity contribution in [1.29, 1.82) is 0 Å². The fraction of sp³-hybridized carbons (Fsp3) is 0.167. The number of para-hydroxylation sites is 1. The van der Waals surface area contributed by atoms with Crippen LogP contribution in [0.25, 0.3) is 27.6 Å². The van der Waals surface area contributed by atoms with E-state index in [9.17, 15) is 37.7 Å². The fourth-order valence-electron chi connectivity index (χ4n) is 5.23. The lowest BCUT2D eigenvalue weighted by Gasteiger charge is -2.34. The quantitative estimate of drug-likeness (QED) is 0.208. The van der Waals surface area contributed by atoms with E-state index in [-0.39, 0.29) is 59.5 Å². The Morgan fingerprint density at radius 2 is 1.51 bits per heavy atom. The summed E-state index contributed by atoms with van der Waals surface area (Å²) in [5, 5.41) is 12.0. The molecule has 6 rings (SSSR count). The molecule has 3 aromatic carbocycles. The maximum absolute atomic E-state index is 13.7. The number of benzene rings is 3. The molecule has 0 unspecified atom stereocenters. The van der Waals surface area contributed by atoms with Crippen LogP contribution in [0, 0.1) is 10.1 Å². The first-order valence-corrected chi connectivity index (χ1v) is 13.1. The predicted octanol–water partition coefficient (Wildman–Crippen LogP) is 5.26. The number of hydrogen-bond acceptors (Lipinski definition) is 6. The van der Waals surface area contributed by atoms with Crippen molar-refractivity contribution in [2.75, 3.05) is 26.2 Å². The SMILES string of the molecule is O=C(c1coc2ccccc2c1=O)N1CCN(C(=O)c2cn(-c3cccc(C(F)(F)F)c3)c3ccc([N+](=O)[O-])cc23)CC1. The number of fused-ring (bicyclic) bond motifs is 2. The Morgan fingerprint density at radius 3 is 2.19 bits per heavy atom. The summed E-state index contributed by atoms with van der Waals surface area (Å²) >= 11 is 0. The van der Waals surface area contributed by atoms with Gasteiger partial charge in [0.15, 0.2) is 0 Å². The summed E-state index contributed by atoms with van der Waals surface area (Å²) in [4.78, 5) is 53.5. The number of alkyl halides is 3. The molecule has 1 aliphatic heterocycles. The van der Waals surface area contributed by atoms with Crippen molar-refractivity contribution in [1.82, 2.24) is 14.4 Å². The molecule has 2 aromatic heterocycles. The number of carbonyl (C=O) groups excluding carboxylic acids is 2. The van der Waals surface area contributed by atoms with Crippen LogP contribution in [0.1, 0.15) is 26.3 Å². The monoisotopic (exact) mass is 590 g/mol. The average molecular weight is 591 g/mol. The molecule has 10 nitrogen and oxygen atoms in total. The highest BCUT2D eigenvalue weighted by Crippen LogP contribution is 2.33. The summed E-state index contributed by atoms with van der Waals surface area (Å²) < 4.78 is 47.1. The summed E-state index contributed by atoms with van der Waals surface area (Å²) in [5.74, 6) is -1.04. The van der Waals surface area contributed by atoms with Crippen molar-refractivity contribution < 1.29 is 32.1 Å². The Kier molecular flexibility index (Phi) is 6.71. The molecule has 0 saturated carbocycles. The number of piperazine rings is 1. The van der Waals surface area contributed by atoms with E-state index in [1.165, 1.54) is 50.9 Å². The minimum absolute atomic E-state index is 0.0612. The molecule has 0 aliphatic carbocycles. The number of rotatable bonds is 4. The number of halogens is 3. The van der Waals surface area contributed by atoms with Crippen LogP contribution in [-0.4, -0.2) is 57.3 Å². The van der Waals surface area contributed by atoms with Crippen LogP contribution in [-0.2, 0) is 6.18 Å². The van der Waals surface area contributed by atoms with Gasteiger partial charge >= 0.3 is 6.18 Å². The third kappa shape index (κ3) is 4.98. The van der Waals surface area contributed by atoms with E-state index in [0.717, 1.165) is 18.4 Å². The largest absolute Gasteiger partial charge is 0.463 e. The van der Waals surface area contributed by atoms with Crippen LogP contribution in [0.4, 0.5) is 18.9 Å². The highest BCUT2D eigenvalue weighted by atomic mass is 19.4. The molecular formula is C30H21F3N4O6. The van der Waals surface area contributed by atoms with Gasteiger partial charge in [-0.2, -0.15) is 13.2 Å². The first-order valence-electron chi connectivity index (χ1n) is 13.1. The van der Waals surface area contributed by atoms with E-state index in [1.807, 2.05) is 0 Å². The van der Waals surface area contributed by atoms with Crippen molar-refractivity contribution in [3.8, 4) is 5.69 Å². The van der Waals surface area contributed by atoms with Crippen LogP contribution in [0.5, 0.6) is 0 Å². The number of aromatic nitrogens is 1. The second-order valence-corrected chi connectivity index (χ2v) is 9.98. The van der Waals surface area contributed by atoms with Gasteiger partial charge in [-0.05, 0) is 36.4 Å². The first kappa shape index (κ1) is 27.7. The van der Waals surface area contributed by atoms with Crippen molar-refractivity contribution >= 4 is 39.4 Å². The summed E-state index contributed by atoms with van der Waals surface area (Å²) in [6.45, 7) is 0.385. The maximum atomic E-state index is 13.7. The minimum Gasteiger partial charge on any atom is -0.463 e. The van der Waals surface area contributed by atoms with Gasteiger partial charge in [0.25, 0.3) is 17.5 Å². The molecular weight excluding hydrogens is 569 g/mol. The van der Waals surface area contributed by atoms with Gasteiger partial charge in [0.05, 0.1) is 27.0 Å². The third-order valence-electron chi connectivity index (χ3n) is 7.45. The number of nitrogens with zero attached hydrogens (tertiary/aromatic N) is 4. The number of non-ortho nitro benzene ring substituents is 1. The van der Waals surface area contributed by atoms with E-state index in [0.29, 0.717) is 11.1 Å². The molecule has 2 amide bonds. The van der Waals surface area contributed by atoms with E-state index in [1.54, 1.807) is 24.3 Å². The van der Waals surface area contributed by atoms with Crippen molar-refractivity contribution in [3.63, 3.8) is 0 Å². The molecule has 1 fully saturated rings. The lowest BCUT2D eigenvalue weighted by atomic mass is 10.1. The van der Waals surface area contributed by atoms with Gasteiger partial charge in [-0.15, -0.1) is 0 Å². The number of nitro benzene ring substituents is 1. The molecule has 5 aromatic rings. The molecule has 0 N–H and O–H groups in total. The lowest BCUT2D eigenvalue weighted by Crippen LogP contribution is -2.51. The zero-order chi connectivity index (χ0) is 30.5. The van der Waals surface area contributed by atoms with Crippen LogP contribution in [0.2, 0.25) is 0 Å². The lowest BCUT2D eigenvalue weighted by molar-refractivity contribution is -0.384. The number of amides is 2. The standard InChI is InChI=1S/C30H21F3N4O6/c31-30(32,33)18-4-3-5-19(14-18)36-16-23(22-15-20(37(41)42)8-9-25(22)36)28(39)34-10-12-35(13-11-34)29(40)24-17-43-26-7-2-1-6-21(26)27(24)38/h1-9,14-17H,10-13H2. The molecule has 0 atom stereocenters. The zero-order valence-electron chi connectivity index (χ0n) is 22.2. The Labute approximate surface area is 240 Å². The number of hydrogen-bond donors (Lipinski definition) is 0. The van der Waals surface area contributed by atoms with Gasteiger partial charge in [-0.25, -0.2) is 0 Å². The van der Waals surface area contributed by atoms with Crippen LogP contribution in [0.15, 0.2) is 88.4 Å². The van der Waals surface area contributed by atoms with Gasteiger partial charge in [0.2, 0.25) is 5.43 Å². The number of nitro groups is 1. The Morgan fingerprint density at radius 1 is 0.837 bits per heavy atom. The fourth-order valence-corrected chi connectivity index (χ4v) is 5.23. The molecule has 0 bridgehead atoms. The topological polar surface area (TPSA) is 119 Å². The number of carbonyl (C=O) groups is 2. The van der Waals surface area contributed by atoms with E-state index in [4.69, 9.17) is 4.42 Å². The highest BCUT2D eigenvalue weighted by Gasteiger charge is 2.32. The van der Waals surface area contributed by atoms with E-state index in [2.05, 4.69) is 0 Å². The third-order valence-corrected chi connectivity index (χ3v) is 7.45.